The average molecular weight is 302 g/mol. The first-order valence-corrected chi connectivity index (χ1v) is 7.86. The Hall–Kier alpha value is -2.17. The number of hydrogen-bond donors (Lipinski definition) is 2. The second-order valence-corrected chi connectivity index (χ2v) is 6.11. The van der Waals surface area contributed by atoms with Crippen molar-refractivity contribution in [3.63, 3.8) is 0 Å². The minimum Gasteiger partial charge on any atom is -0.490 e. The van der Waals surface area contributed by atoms with Gasteiger partial charge in [-0.15, -0.1) is 0 Å². The Balaban J connectivity index is 2.07. The number of aromatic carboxylic acids is 1. The van der Waals surface area contributed by atoms with Gasteiger partial charge in [0.2, 0.25) is 0 Å². The van der Waals surface area contributed by atoms with Crippen LogP contribution in [0.4, 0.5) is 5.69 Å². The molecular formula is C17H22N2O3. The lowest BCUT2D eigenvalue weighted by Crippen LogP contribution is -2.29. The number of benzene rings is 1. The summed E-state index contributed by atoms with van der Waals surface area (Å²) in [6, 6.07) is 5.71. The van der Waals surface area contributed by atoms with E-state index in [4.69, 9.17) is 4.74 Å². The van der Waals surface area contributed by atoms with Crippen LogP contribution in [0.2, 0.25) is 0 Å². The molecule has 2 heterocycles. The second-order valence-electron chi connectivity index (χ2n) is 6.11. The molecule has 22 heavy (non-hydrogen) atoms. The lowest BCUT2D eigenvalue weighted by molar-refractivity contribution is 0.0691. The fourth-order valence-corrected chi connectivity index (χ4v) is 2.99. The molecule has 1 aromatic carbocycles. The van der Waals surface area contributed by atoms with Gasteiger partial charge >= 0.3 is 5.97 Å². The number of nitrogens with one attached hydrogen (secondary N) is 1. The maximum Gasteiger partial charge on any atom is 0.352 e. The maximum absolute atomic E-state index is 11.2. The molecule has 0 aliphatic carbocycles. The Bertz CT molecular complexity index is 685. The van der Waals surface area contributed by atoms with Crippen LogP contribution in [-0.4, -0.2) is 35.3 Å². The number of ether oxygens (including phenoxy) is 1. The Kier molecular flexibility index (Phi) is 3.96. The van der Waals surface area contributed by atoms with Crippen molar-refractivity contribution in [2.24, 2.45) is 0 Å². The summed E-state index contributed by atoms with van der Waals surface area (Å²) in [6.45, 7) is 6.03. The highest BCUT2D eigenvalue weighted by molar-refractivity contribution is 5.97. The molecule has 0 radical (unpaired) electrons. The van der Waals surface area contributed by atoms with E-state index in [0.29, 0.717) is 0 Å². The molecule has 1 fully saturated rings. The highest BCUT2D eigenvalue weighted by Crippen LogP contribution is 2.34. The minimum atomic E-state index is -0.953. The van der Waals surface area contributed by atoms with Crippen LogP contribution < -0.4 is 9.64 Å². The Morgan fingerprint density at radius 2 is 1.95 bits per heavy atom. The summed E-state index contributed by atoms with van der Waals surface area (Å²) in [5, 5.41) is 10.0. The Labute approximate surface area is 129 Å². The zero-order valence-electron chi connectivity index (χ0n) is 13.1. The van der Waals surface area contributed by atoms with Crippen molar-refractivity contribution in [3.05, 3.63) is 23.9 Å². The standard InChI is InChI=1S/C17H22N2O3/c1-11(2)22-16-9-12(19-6-4-3-5-7-19)8-14-13(16)10-15(18-14)17(20)21/h8-11,18H,3-7H2,1-2H3,(H,20,21). The molecule has 1 saturated heterocycles. The van der Waals surface area contributed by atoms with E-state index in [9.17, 15) is 9.90 Å². The van der Waals surface area contributed by atoms with E-state index in [0.717, 1.165) is 35.4 Å². The fraction of sp³-hybridized carbons (Fsp3) is 0.471. The Morgan fingerprint density at radius 1 is 1.23 bits per heavy atom. The van der Waals surface area contributed by atoms with Gasteiger partial charge in [-0.2, -0.15) is 0 Å². The van der Waals surface area contributed by atoms with E-state index in [2.05, 4.69) is 9.88 Å². The van der Waals surface area contributed by atoms with Crippen LogP contribution in [0.1, 0.15) is 43.6 Å². The van der Waals surface area contributed by atoms with Crippen molar-refractivity contribution < 1.29 is 14.6 Å². The largest absolute Gasteiger partial charge is 0.490 e. The number of H-pyrrole nitrogens is 1. The van der Waals surface area contributed by atoms with E-state index in [1.807, 2.05) is 26.0 Å². The summed E-state index contributed by atoms with van der Waals surface area (Å²) in [6.07, 6.45) is 3.72. The number of carboxylic acids is 1. The Morgan fingerprint density at radius 3 is 2.59 bits per heavy atom. The maximum atomic E-state index is 11.2. The zero-order chi connectivity index (χ0) is 15.7. The summed E-state index contributed by atoms with van der Waals surface area (Å²) in [5.74, 6) is -0.206. The number of nitrogens with zero attached hydrogens (tertiary/aromatic N) is 1. The van der Waals surface area contributed by atoms with Crippen molar-refractivity contribution in [1.82, 2.24) is 4.98 Å². The van der Waals surface area contributed by atoms with Crippen LogP contribution in [0.3, 0.4) is 0 Å². The lowest BCUT2D eigenvalue weighted by Gasteiger charge is -2.29. The van der Waals surface area contributed by atoms with Crippen LogP contribution in [0, 0.1) is 0 Å². The van der Waals surface area contributed by atoms with E-state index < -0.39 is 5.97 Å². The SMILES string of the molecule is CC(C)Oc1cc(N2CCCCC2)cc2[nH]c(C(=O)O)cc12. The number of rotatable bonds is 4. The van der Waals surface area contributed by atoms with Crippen LogP contribution in [0.5, 0.6) is 5.75 Å². The van der Waals surface area contributed by atoms with Crippen LogP contribution in [0.15, 0.2) is 18.2 Å². The molecule has 0 saturated carbocycles. The molecule has 0 bridgehead atoms. The average Bonchev–Trinajstić information content (AvgIpc) is 2.92. The fourth-order valence-electron chi connectivity index (χ4n) is 2.99. The van der Waals surface area contributed by atoms with Gasteiger partial charge in [-0.3, -0.25) is 0 Å². The van der Waals surface area contributed by atoms with Crippen molar-refractivity contribution in [2.45, 2.75) is 39.2 Å². The number of hydrogen-bond acceptors (Lipinski definition) is 3. The molecule has 0 atom stereocenters. The van der Waals surface area contributed by atoms with Crippen molar-refractivity contribution in [2.75, 3.05) is 18.0 Å². The van der Waals surface area contributed by atoms with Gasteiger partial charge in [0.25, 0.3) is 0 Å². The highest BCUT2D eigenvalue weighted by atomic mass is 16.5. The molecule has 5 heteroatoms. The van der Waals surface area contributed by atoms with Crippen molar-refractivity contribution in [3.8, 4) is 5.75 Å². The molecule has 2 N–H and O–H groups in total. The summed E-state index contributed by atoms with van der Waals surface area (Å²) < 4.78 is 5.91. The zero-order valence-corrected chi connectivity index (χ0v) is 13.1. The molecule has 1 aliphatic heterocycles. The van der Waals surface area contributed by atoms with Gasteiger partial charge in [0.15, 0.2) is 0 Å². The number of aromatic amines is 1. The highest BCUT2D eigenvalue weighted by Gasteiger charge is 2.17. The second kappa shape index (κ2) is 5.91. The summed E-state index contributed by atoms with van der Waals surface area (Å²) in [5.41, 5.74) is 2.11. The van der Waals surface area contributed by atoms with Crippen LogP contribution in [-0.2, 0) is 0 Å². The molecule has 0 unspecified atom stereocenters. The third-order valence-electron chi connectivity index (χ3n) is 4.00. The van der Waals surface area contributed by atoms with Crippen molar-refractivity contribution in [1.29, 1.82) is 0 Å². The van der Waals surface area contributed by atoms with Crippen LogP contribution in [0.25, 0.3) is 10.9 Å². The van der Waals surface area contributed by atoms with Gasteiger partial charge in [-0.25, -0.2) is 4.79 Å². The van der Waals surface area contributed by atoms with Gasteiger partial charge < -0.3 is 19.7 Å². The summed E-state index contributed by atoms with van der Waals surface area (Å²) in [7, 11) is 0. The molecule has 5 nitrogen and oxygen atoms in total. The molecule has 0 spiro atoms. The normalized spacial score (nSPS) is 15.5. The number of carbonyl (C=O) groups is 1. The number of anilines is 1. The molecule has 0 amide bonds. The topological polar surface area (TPSA) is 65.6 Å². The lowest BCUT2D eigenvalue weighted by atomic mass is 10.1. The molecule has 1 aromatic heterocycles. The van der Waals surface area contributed by atoms with E-state index >= 15 is 0 Å². The minimum absolute atomic E-state index is 0.0444. The number of fused-ring (bicyclic) bond motifs is 1. The van der Waals surface area contributed by atoms with Gasteiger partial charge in [0, 0.05) is 30.2 Å². The molecule has 2 aromatic rings. The number of aromatic nitrogens is 1. The quantitative estimate of drug-likeness (QED) is 0.905. The first-order valence-electron chi connectivity index (χ1n) is 7.86. The molecule has 3 rings (SSSR count). The molecular weight excluding hydrogens is 280 g/mol. The van der Waals surface area contributed by atoms with Gasteiger partial charge in [0.1, 0.15) is 11.4 Å². The predicted octanol–water partition coefficient (Wildman–Crippen LogP) is 3.64. The number of piperidine rings is 1. The third kappa shape index (κ3) is 2.89. The van der Waals surface area contributed by atoms with Crippen LogP contribution >= 0.6 is 0 Å². The summed E-state index contributed by atoms with van der Waals surface area (Å²) >= 11 is 0. The number of carboxylic acid groups (broad SMARTS) is 1. The third-order valence-corrected chi connectivity index (χ3v) is 4.00. The van der Waals surface area contributed by atoms with E-state index in [1.165, 1.54) is 19.3 Å². The smallest absolute Gasteiger partial charge is 0.352 e. The first kappa shape index (κ1) is 14.8. The van der Waals surface area contributed by atoms with E-state index in [1.54, 1.807) is 6.07 Å². The monoisotopic (exact) mass is 302 g/mol. The summed E-state index contributed by atoms with van der Waals surface area (Å²) in [4.78, 5) is 16.5. The molecule has 1 aliphatic rings. The van der Waals surface area contributed by atoms with Gasteiger partial charge in [-0.1, -0.05) is 0 Å². The van der Waals surface area contributed by atoms with E-state index in [-0.39, 0.29) is 11.8 Å². The first-order chi connectivity index (χ1) is 10.5. The predicted molar refractivity (Wildman–Crippen MR) is 87.1 cm³/mol. The molecule has 118 valence electrons. The van der Waals surface area contributed by atoms with Gasteiger partial charge in [0.05, 0.1) is 11.6 Å². The van der Waals surface area contributed by atoms with Gasteiger partial charge in [-0.05, 0) is 45.2 Å². The van der Waals surface area contributed by atoms with Crippen molar-refractivity contribution >= 4 is 22.6 Å².